The van der Waals surface area contributed by atoms with Crippen LogP contribution in [0.4, 0.5) is 10.1 Å². The number of rotatable bonds is 4. The third-order valence-electron chi connectivity index (χ3n) is 2.57. The van der Waals surface area contributed by atoms with Crippen LogP contribution in [0.25, 0.3) is 0 Å². The largest absolute Gasteiger partial charge is 0.497 e. The van der Waals surface area contributed by atoms with E-state index in [0.717, 1.165) is 5.56 Å². The van der Waals surface area contributed by atoms with Crippen LogP contribution in [0.5, 0.6) is 5.75 Å². The van der Waals surface area contributed by atoms with Gasteiger partial charge in [-0.1, -0.05) is 23.7 Å². The van der Waals surface area contributed by atoms with Gasteiger partial charge >= 0.3 is 0 Å². The molecule has 18 heavy (non-hydrogen) atoms. The lowest BCUT2D eigenvalue weighted by atomic mass is 10.2. The van der Waals surface area contributed by atoms with Crippen molar-refractivity contribution in [2.75, 3.05) is 12.4 Å². The van der Waals surface area contributed by atoms with E-state index in [0.29, 0.717) is 23.0 Å². The van der Waals surface area contributed by atoms with Crippen molar-refractivity contribution in [3.8, 4) is 5.75 Å². The minimum Gasteiger partial charge on any atom is -0.497 e. The summed E-state index contributed by atoms with van der Waals surface area (Å²) in [6.45, 7) is 0.542. The monoisotopic (exact) mass is 265 g/mol. The summed E-state index contributed by atoms with van der Waals surface area (Å²) >= 11 is 5.79. The highest BCUT2D eigenvalue weighted by atomic mass is 35.5. The van der Waals surface area contributed by atoms with E-state index < -0.39 is 0 Å². The first-order valence-corrected chi connectivity index (χ1v) is 5.88. The van der Waals surface area contributed by atoms with Crippen LogP contribution in [0.15, 0.2) is 42.5 Å². The van der Waals surface area contributed by atoms with Crippen molar-refractivity contribution >= 4 is 17.3 Å². The number of benzene rings is 2. The van der Waals surface area contributed by atoms with Gasteiger partial charge in [0.1, 0.15) is 11.6 Å². The Morgan fingerprint density at radius 1 is 1.17 bits per heavy atom. The molecule has 0 heterocycles. The van der Waals surface area contributed by atoms with Gasteiger partial charge in [-0.3, -0.25) is 0 Å². The summed E-state index contributed by atoms with van der Waals surface area (Å²) in [6, 6.07) is 12.1. The molecule has 0 atom stereocenters. The van der Waals surface area contributed by atoms with Gasteiger partial charge < -0.3 is 10.1 Å². The molecular formula is C14H13ClFNO. The lowest BCUT2D eigenvalue weighted by Crippen LogP contribution is -2.01. The van der Waals surface area contributed by atoms with E-state index >= 15 is 0 Å². The number of nitrogens with one attached hydrogen (secondary N) is 1. The van der Waals surface area contributed by atoms with Crippen LogP contribution in [0.2, 0.25) is 5.02 Å². The summed E-state index contributed by atoms with van der Waals surface area (Å²) in [5, 5.41) is 3.72. The van der Waals surface area contributed by atoms with Crippen molar-refractivity contribution in [2.45, 2.75) is 6.54 Å². The van der Waals surface area contributed by atoms with Crippen LogP contribution in [-0.4, -0.2) is 7.11 Å². The van der Waals surface area contributed by atoms with Gasteiger partial charge in [-0.15, -0.1) is 0 Å². The van der Waals surface area contributed by atoms with Crippen LogP contribution in [0.3, 0.4) is 0 Å². The summed E-state index contributed by atoms with van der Waals surface area (Å²) in [5.41, 5.74) is 1.49. The molecule has 2 aromatic carbocycles. The maximum absolute atomic E-state index is 13.6. The van der Waals surface area contributed by atoms with Gasteiger partial charge in [-0.2, -0.15) is 0 Å². The number of anilines is 1. The Labute approximate surface area is 110 Å². The van der Waals surface area contributed by atoms with E-state index in [1.165, 1.54) is 13.2 Å². The third kappa shape index (κ3) is 3.14. The van der Waals surface area contributed by atoms with Gasteiger partial charge in [-0.05, 0) is 29.8 Å². The summed E-state index contributed by atoms with van der Waals surface area (Å²) in [5.74, 6) is 0.174. The molecule has 0 saturated heterocycles. The van der Waals surface area contributed by atoms with E-state index in [1.807, 2.05) is 24.3 Å². The molecule has 0 aromatic heterocycles. The average molecular weight is 266 g/mol. The maximum Gasteiger partial charge on any atom is 0.149 e. The molecule has 0 unspecified atom stereocenters. The third-order valence-corrected chi connectivity index (χ3v) is 2.82. The van der Waals surface area contributed by atoms with E-state index in [-0.39, 0.29) is 5.82 Å². The summed E-state index contributed by atoms with van der Waals surface area (Å²) < 4.78 is 18.6. The Morgan fingerprint density at radius 2 is 1.89 bits per heavy atom. The average Bonchev–Trinajstić information content (AvgIpc) is 2.39. The second-order valence-corrected chi connectivity index (χ2v) is 4.26. The summed E-state index contributed by atoms with van der Waals surface area (Å²) in [4.78, 5) is 0. The SMILES string of the molecule is COc1ccc(NCc2ccc(Cl)cc2)c(F)c1. The molecule has 2 aromatic rings. The Morgan fingerprint density at radius 3 is 2.50 bits per heavy atom. The van der Waals surface area contributed by atoms with Crippen molar-refractivity contribution in [3.63, 3.8) is 0 Å². The van der Waals surface area contributed by atoms with E-state index in [1.54, 1.807) is 12.1 Å². The number of methoxy groups -OCH3 is 1. The van der Waals surface area contributed by atoms with Crippen LogP contribution in [0.1, 0.15) is 5.56 Å². The second-order valence-electron chi connectivity index (χ2n) is 3.83. The maximum atomic E-state index is 13.6. The smallest absolute Gasteiger partial charge is 0.149 e. The highest BCUT2D eigenvalue weighted by Gasteiger charge is 2.03. The van der Waals surface area contributed by atoms with E-state index in [9.17, 15) is 4.39 Å². The Hall–Kier alpha value is -1.74. The molecule has 1 N–H and O–H groups in total. The van der Waals surface area contributed by atoms with Gasteiger partial charge in [0.2, 0.25) is 0 Å². The van der Waals surface area contributed by atoms with Gasteiger partial charge in [0.25, 0.3) is 0 Å². The fraction of sp³-hybridized carbons (Fsp3) is 0.143. The molecule has 0 spiro atoms. The van der Waals surface area contributed by atoms with E-state index in [2.05, 4.69) is 5.32 Å². The molecule has 2 rings (SSSR count). The minimum absolute atomic E-state index is 0.330. The predicted octanol–water partition coefficient (Wildman–Crippen LogP) is 4.10. The first kappa shape index (κ1) is 12.7. The Bertz CT molecular complexity index is 528. The molecule has 0 fully saturated rings. The molecular weight excluding hydrogens is 253 g/mol. The highest BCUT2D eigenvalue weighted by molar-refractivity contribution is 6.30. The predicted molar refractivity (Wildman–Crippen MR) is 71.7 cm³/mol. The minimum atomic E-state index is -0.330. The zero-order valence-electron chi connectivity index (χ0n) is 9.91. The van der Waals surface area contributed by atoms with Crippen molar-refractivity contribution < 1.29 is 9.13 Å². The molecule has 0 bridgehead atoms. The molecule has 0 radical (unpaired) electrons. The molecule has 94 valence electrons. The van der Waals surface area contributed by atoms with Crippen LogP contribution in [-0.2, 0) is 6.54 Å². The fourth-order valence-electron chi connectivity index (χ4n) is 1.57. The highest BCUT2D eigenvalue weighted by Crippen LogP contribution is 2.21. The van der Waals surface area contributed by atoms with Crippen LogP contribution < -0.4 is 10.1 Å². The van der Waals surface area contributed by atoms with Crippen molar-refractivity contribution in [1.82, 2.24) is 0 Å². The van der Waals surface area contributed by atoms with Crippen molar-refractivity contribution in [1.29, 1.82) is 0 Å². The quantitative estimate of drug-likeness (QED) is 0.899. The van der Waals surface area contributed by atoms with Crippen LogP contribution >= 0.6 is 11.6 Å². The van der Waals surface area contributed by atoms with Gasteiger partial charge in [0.05, 0.1) is 12.8 Å². The topological polar surface area (TPSA) is 21.3 Å². The van der Waals surface area contributed by atoms with Gasteiger partial charge in [0.15, 0.2) is 0 Å². The van der Waals surface area contributed by atoms with E-state index in [4.69, 9.17) is 16.3 Å². The summed E-state index contributed by atoms with van der Waals surface area (Å²) in [7, 11) is 1.51. The molecule has 0 amide bonds. The molecule has 0 aliphatic rings. The number of hydrogen-bond acceptors (Lipinski definition) is 2. The van der Waals surface area contributed by atoms with Gasteiger partial charge in [-0.25, -0.2) is 4.39 Å². The molecule has 4 heteroatoms. The number of ether oxygens (including phenoxy) is 1. The number of halogens is 2. The van der Waals surface area contributed by atoms with Crippen LogP contribution in [0, 0.1) is 5.82 Å². The van der Waals surface area contributed by atoms with Crippen molar-refractivity contribution in [2.24, 2.45) is 0 Å². The first-order chi connectivity index (χ1) is 8.69. The fourth-order valence-corrected chi connectivity index (χ4v) is 1.69. The Kier molecular flexibility index (Phi) is 4.05. The lowest BCUT2D eigenvalue weighted by molar-refractivity contribution is 0.411. The van der Waals surface area contributed by atoms with Crippen molar-refractivity contribution in [3.05, 3.63) is 58.9 Å². The Balaban J connectivity index is 2.04. The van der Waals surface area contributed by atoms with Gasteiger partial charge in [0, 0.05) is 17.6 Å². The molecule has 0 saturated carbocycles. The molecule has 0 aliphatic carbocycles. The normalized spacial score (nSPS) is 10.2. The molecule has 0 aliphatic heterocycles. The standard InChI is InChI=1S/C14H13ClFNO/c1-18-12-6-7-14(13(16)8-12)17-9-10-2-4-11(15)5-3-10/h2-8,17H,9H2,1H3. The first-order valence-electron chi connectivity index (χ1n) is 5.51. The second kappa shape index (κ2) is 5.74. The zero-order chi connectivity index (χ0) is 13.0. The molecule has 2 nitrogen and oxygen atoms in total. The lowest BCUT2D eigenvalue weighted by Gasteiger charge is -2.09. The summed E-state index contributed by atoms with van der Waals surface area (Å²) in [6.07, 6.45) is 0. The zero-order valence-corrected chi connectivity index (χ0v) is 10.7. The number of hydrogen-bond donors (Lipinski definition) is 1.